The molecule has 27 heavy (non-hydrogen) atoms. The van der Waals surface area contributed by atoms with Gasteiger partial charge in [0.25, 0.3) is 0 Å². The van der Waals surface area contributed by atoms with Gasteiger partial charge >= 0.3 is 0 Å². The van der Waals surface area contributed by atoms with Crippen LogP contribution in [0.3, 0.4) is 0 Å². The Kier molecular flexibility index (Phi) is 2.96. The monoisotopic (exact) mass is 355 g/mol. The molecule has 6 rings (SSSR count). The number of carbonyl (C=O) groups is 2. The van der Waals surface area contributed by atoms with Crippen LogP contribution in [0.4, 0.5) is 0 Å². The van der Waals surface area contributed by atoms with Gasteiger partial charge in [0.1, 0.15) is 0 Å². The maximum atomic E-state index is 13.2. The second-order valence-corrected chi connectivity index (χ2v) is 8.52. The summed E-state index contributed by atoms with van der Waals surface area (Å²) in [7, 11) is 0. The summed E-state index contributed by atoms with van der Waals surface area (Å²) in [6.07, 6.45) is 5.59. The number of fused-ring (bicyclic) bond motifs is 3. The fourth-order valence-corrected chi connectivity index (χ4v) is 6.32. The molecular weight excluding hydrogens is 334 g/mol. The van der Waals surface area contributed by atoms with Gasteiger partial charge in [-0.15, -0.1) is 0 Å². The van der Waals surface area contributed by atoms with Gasteiger partial charge in [-0.25, -0.2) is 0 Å². The second kappa shape index (κ2) is 5.19. The molecule has 134 valence electrons. The van der Waals surface area contributed by atoms with Crippen LogP contribution in [0.15, 0.2) is 72.8 Å². The van der Waals surface area contributed by atoms with E-state index in [1.807, 2.05) is 36.4 Å². The Bertz CT molecular complexity index is 932. The van der Waals surface area contributed by atoms with Gasteiger partial charge in [0.05, 0.1) is 18.4 Å². The number of imide groups is 1. The Hall–Kier alpha value is -2.68. The van der Waals surface area contributed by atoms with Crippen molar-refractivity contribution in [2.45, 2.75) is 18.9 Å². The van der Waals surface area contributed by atoms with Gasteiger partial charge in [-0.3, -0.25) is 14.5 Å². The maximum absolute atomic E-state index is 13.2. The zero-order valence-corrected chi connectivity index (χ0v) is 15.0. The van der Waals surface area contributed by atoms with E-state index in [1.165, 1.54) is 10.5 Å². The molecule has 3 aliphatic carbocycles. The average molecular weight is 355 g/mol. The lowest BCUT2D eigenvalue weighted by atomic mass is 9.85. The highest BCUT2D eigenvalue weighted by atomic mass is 16.2. The SMILES string of the molecule is O=C1[C@@H]2[C@H](C(=O)N1Cc1ccccc1)[C@H]1C=C[C@H]2C12C[C@@H]2c1ccccc1. The molecule has 3 fully saturated rings. The lowest BCUT2D eigenvalue weighted by Crippen LogP contribution is -2.34. The van der Waals surface area contributed by atoms with E-state index >= 15 is 0 Å². The van der Waals surface area contributed by atoms with Crippen molar-refractivity contribution < 1.29 is 9.59 Å². The van der Waals surface area contributed by atoms with E-state index in [1.54, 1.807) is 0 Å². The molecule has 1 aliphatic heterocycles. The fraction of sp³-hybridized carbons (Fsp3) is 0.333. The summed E-state index contributed by atoms with van der Waals surface area (Å²) in [4.78, 5) is 28.0. The van der Waals surface area contributed by atoms with Gasteiger partial charge in [-0.1, -0.05) is 72.8 Å². The molecular formula is C24H21NO2. The third kappa shape index (κ3) is 1.87. The molecule has 1 unspecified atom stereocenters. The van der Waals surface area contributed by atoms with Crippen LogP contribution < -0.4 is 0 Å². The number of hydrogen-bond acceptors (Lipinski definition) is 2. The summed E-state index contributed by atoms with van der Waals surface area (Å²) in [5.74, 6) is 0.713. The minimum absolute atomic E-state index is 0.0452. The van der Waals surface area contributed by atoms with Crippen LogP contribution in [0.5, 0.6) is 0 Å². The number of amides is 2. The van der Waals surface area contributed by atoms with Gasteiger partial charge in [0, 0.05) is 0 Å². The van der Waals surface area contributed by atoms with Gasteiger partial charge in [-0.2, -0.15) is 0 Å². The first-order chi connectivity index (χ1) is 13.2. The largest absolute Gasteiger partial charge is 0.278 e. The van der Waals surface area contributed by atoms with Crippen molar-refractivity contribution in [3.8, 4) is 0 Å². The molecule has 1 heterocycles. The highest BCUT2D eigenvalue weighted by Crippen LogP contribution is 2.79. The molecule has 0 radical (unpaired) electrons. The van der Waals surface area contributed by atoms with E-state index in [0.29, 0.717) is 12.5 Å². The highest BCUT2D eigenvalue weighted by molar-refractivity contribution is 6.06. The van der Waals surface area contributed by atoms with Crippen molar-refractivity contribution in [2.24, 2.45) is 29.1 Å². The summed E-state index contributed by atoms with van der Waals surface area (Å²) in [6.45, 7) is 0.403. The zero-order chi connectivity index (χ0) is 18.2. The third-order valence-electron chi connectivity index (χ3n) is 7.46. The molecule has 2 aromatic rings. The molecule has 3 heteroatoms. The molecule has 2 bridgehead atoms. The van der Waals surface area contributed by atoms with Gasteiger partial charge in [0.2, 0.25) is 11.8 Å². The highest BCUT2D eigenvalue weighted by Gasteiger charge is 2.77. The maximum Gasteiger partial charge on any atom is 0.234 e. The first-order valence-corrected chi connectivity index (χ1v) is 9.84. The van der Waals surface area contributed by atoms with Crippen molar-refractivity contribution in [1.29, 1.82) is 0 Å². The molecule has 0 N–H and O–H groups in total. The minimum Gasteiger partial charge on any atom is -0.278 e. The first-order valence-electron chi connectivity index (χ1n) is 9.84. The third-order valence-corrected chi connectivity index (χ3v) is 7.46. The Balaban J connectivity index is 1.31. The predicted molar refractivity (Wildman–Crippen MR) is 101 cm³/mol. The minimum atomic E-state index is -0.148. The fourth-order valence-electron chi connectivity index (χ4n) is 6.32. The standard InChI is InChI=1S/C24H21NO2/c26-22-20-17-11-12-18(24(17)13-19(24)16-9-5-2-6-10-16)21(20)23(27)25(22)14-15-7-3-1-4-8-15/h1-12,17-21H,13-14H2/t17-,18-,19-,20-,21+,24?/m1/s1. The molecule has 4 aliphatic rings. The van der Waals surface area contributed by atoms with Crippen LogP contribution in [0.2, 0.25) is 0 Å². The smallest absolute Gasteiger partial charge is 0.234 e. The zero-order valence-electron chi connectivity index (χ0n) is 15.0. The molecule has 3 nitrogen and oxygen atoms in total. The number of benzene rings is 2. The summed E-state index contributed by atoms with van der Waals surface area (Å²) >= 11 is 0. The Morgan fingerprint density at radius 3 is 1.96 bits per heavy atom. The topological polar surface area (TPSA) is 37.4 Å². The molecule has 2 saturated carbocycles. The van der Waals surface area contributed by atoms with Crippen molar-refractivity contribution >= 4 is 11.8 Å². The number of likely N-dealkylation sites (tertiary alicyclic amines) is 1. The summed E-state index contributed by atoms with van der Waals surface area (Å²) in [6, 6.07) is 20.4. The Labute approximate surface area is 158 Å². The van der Waals surface area contributed by atoms with E-state index < -0.39 is 0 Å². The van der Waals surface area contributed by atoms with E-state index in [2.05, 4.69) is 36.4 Å². The number of allylic oxidation sites excluding steroid dienone is 2. The van der Waals surface area contributed by atoms with Crippen molar-refractivity contribution in [1.82, 2.24) is 4.90 Å². The van der Waals surface area contributed by atoms with Crippen LogP contribution >= 0.6 is 0 Å². The van der Waals surface area contributed by atoms with E-state index in [0.717, 1.165) is 12.0 Å². The van der Waals surface area contributed by atoms with Gasteiger partial charge in [0.15, 0.2) is 0 Å². The van der Waals surface area contributed by atoms with Crippen LogP contribution in [0, 0.1) is 29.1 Å². The lowest BCUT2D eigenvalue weighted by Gasteiger charge is -2.23. The van der Waals surface area contributed by atoms with Crippen molar-refractivity contribution in [3.63, 3.8) is 0 Å². The normalized spacial score (nSPS) is 38.1. The molecule has 1 saturated heterocycles. The molecule has 2 aromatic carbocycles. The molecule has 1 spiro atoms. The van der Waals surface area contributed by atoms with Gasteiger partial charge < -0.3 is 0 Å². The quantitative estimate of drug-likeness (QED) is 0.621. The van der Waals surface area contributed by atoms with Crippen LogP contribution in [0.1, 0.15) is 23.5 Å². The molecule has 2 amide bonds. The van der Waals surface area contributed by atoms with Crippen molar-refractivity contribution in [3.05, 3.63) is 83.9 Å². The molecule has 0 aromatic heterocycles. The number of hydrogen-bond donors (Lipinski definition) is 0. The van der Waals surface area contributed by atoms with Crippen LogP contribution in [-0.2, 0) is 16.1 Å². The number of carbonyl (C=O) groups excluding carboxylic acids is 2. The number of rotatable bonds is 3. The van der Waals surface area contributed by atoms with Gasteiger partial charge in [-0.05, 0) is 40.7 Å². The first kappa shape index (κ1) is 15.4. The summed E-state index contributed by atoms with van der Waals surface area (Å²) in [5, 5.41) is 0. The lowest BCUT2D eigenvalue weighted by molar-refractivity contribution is -0.141. The van der Waals surface area contributed by atoms with Crippen LogP contribution in [0.25, 0.3) is 0 Å². The summed E-state index contributed by atoms with van der Waals surface area (Å²) in [5.41, 5.74) is 2.49. The van der Waals surface area contributed by atoms with E-state index in [9.17, 15) is 9.59 Å². The Morgan fingerprint density at radius 1 is 0.815 bits per heavy atom. The molecule has 6 atom stereocenters. The number of nitrogens with zero attached hydrogens (tertiary/aromatic N) is 1. The van der Waals surface area contributed by atoms with Crippen molar-refractivity contribution in [2.75, 3.05) is 0 Å². The van der Waals surface area contributed by atoms with Crippen LogP contribution in [-0.4, -0.2) is 16.7 Å². The predicted octanol–water partition coefficient (Wildman–Crippen LogP) is 3.78. The Morgan fingerprint density at radius 2 is 1.37 bits per heavy atom. The average Bonchev–Trinajstić information content (AvgIpc) is 3.21. The second-order valence-electron chi connectivity index (χ2n) is 8.52. The van der Waals surface area contributed by atoms with E-state index in [-0.39, 0.29) is 40.9 Å². The summed E-state index contributed by atoms with van der Waals surface area (Å²) < 4.78 is 0. The van der Waals surface area contributed by atoms with E-state index in [4.69, 9.17) is 0 Å².